The van der Waals surface area contributed by atoms with E-state index in [9.17, 15) is 4.79 Å². The van der Waals surface area contributed by atoms with Crippen LogP contribution < -0.4 is 4.90 Å². The lowest BCUT2D eigenvalue weighted by Crippen LogP contribution is -2.46. The van der Waals surface area contributed by atoms with Crippen LogP contribution in [-0.4, -0.2) is 61.1 Å². The summed E-state index contributed by atoms with van der Waals surface area (Å²) in [5.74, 6) is 0.990. The first-order valence-electron chi connectivity index (χ1n) is 8.42. The molecule has 3 aromatic heterocycles. The number of fused-ring (bicyclic) bond motifs is 1. The Morgan fingerprint density at radius 3 is 2.80 bits per heavy atom. The van der Waals surface area contributed by atoms with Crippen molar-refractivity contribution in [3.05, 3.63) is 42.7 Å². The third kappa shape index (κ3) is 2.84. The Labute approximate surface area is 145 Å². The number of hydrogen-bond donors (Lipinski definition) is 0. The Bertz CT molecular complexity index is 891. The van der Waals surface area contributed by atoms with Gasteiger partial charge in [0.2, 0.25) is 0 Å². The van der Waals surface area contributed by atoms with Crippen LogP contribution in [0.15, 0.2) is 37.1 Å². The highest BCUT2D eigenvalue weighted by Crippen LogP contribution is 2.22. The number of rotatable bonds is 3. The average molecular weight is 339 g/mol. The van der Waals surface area contributed by atoms with Gasteiger partial charge in [0.15, 0.2) is 5.65 Å². The number of aryl methyl sites for hydroxylation is 1. The Balaban J connectivity index is 1.42. The molecule has 0 aromatic carbocycles. The molecule has 4 heterocycles. The summed E-state index contributed by atoms with van der Waals surface area (Å²) in [6.45, 7) is 1.76. The SMILES string of the molecule is CN(C(=O)c1cncn1C)C1CCN(c2ccn3nccc3n2)CC1. The van der Waals surface area contributed by atoms with E-state index in [4.69, 9.17) is 0 Å². The van der Waals surface area contributed by atoms with Gasteiger partial charge in [-0.2, -0.15) is 5.10 Å². The highest BCUT2D eigenvalue weighted by atomic mass is 16.2. The molecule has 0 radical (unpaired) electrons. The van der Waals surface area contributed by atoms with Crippen LogP contribution in [0.1, 0.15) is 23.3 Å². The van der Waals surface area contributed by atoms with Crippen LogP contribution in [0.4, 0.5) is 5.82 Å². The Morgan fingerprint density at radius 1 is 1.28 bits per heavy atom. The topological polar surface area (TPSA) is 71.6 Å². The largest absolute Gasteiger partial charge is 0.356 e. The van der Waals surface area contributed by atoms with Crippen LogP contribution in [-0.2, 0) is 7.05 Å². The van der Waals surface area contributed by atoms with E-state index in [1.165, 1.54) is 0 Å². The maximum absolute atomic E-state index is 12.6. The molecule has 0 spiro atoms. The lowest BCUT2D eigenvalue weighted by Gasteiger charge is -2.37. The van der Waals surface area contributed by atoms with Crippen LogP contribution in [0.5, 0.6) is 0 Å². The molecule has 4 rings (SSSR count). The van der Waals surface area contributed by atoms with E-state index in [2.05, 4.69) is 20.0 Å². The lowest BCUT2D eigenvalue weighted by molar-refractivity contribution is 0.0699. The maximum Gasteiger partial charge on any atom is 0.272 e. The van der Waals surface area contributed by atoms with Crippen molar-refractivity contribution < 1.29 is 4.79 Å². The van der Waals surface area contributed by atoms with Gasteiger partial charge in [-0.3, -0.25) is 4.79 Å². The van der Waals surface area contributed by atoms with E-state index in [0.717, 1.165) is 37.4 Å². The first-order chi connectivity index (χ1) is 12.1. The second-order valence-electron chi connectivity index (χ2n) is 6.44. The highest BCUT2D eigenvalue weighted by Gasteiger charge is 2.27. The fourth-order valence-electron chi connectivity index (χ4n) is 3.37. The summed E-state index contributed by atoms with van der Waals surface area (Å²) in [5, 5.41) is 4.18. The van der Waals surface area contributed by atoms with E-state index < -0.39 is 0 Å². The zero-order chi connectivity index (χ0) is 17.4. The number of imidazole rings is 1. The van der Waals surface area contributed by atoms with Crippen molar-refractivity contribution in [3.8, 4) is 0 Å². The van der Waals surface area contributed by atoms with Gasteiger partial charge in [0.1, 0.15) is 11.5 Å². The normalized spacial score (nSPS) is 15.7. The van der Waals surface area contributed by atoms with Crippen molar-refractivity contribution in [2.75, 3.05) is 25.0 Å². The van der Waals surface area contributed by atoms with Crippen LogP contribution in [0.2, 0.25) is 0 Å². The minimum absolute atomic E-state index is 0.0252. The van der Waals surface area contributed by atoms with Gasteiger partial charge in [0.05, 0.1) is 18.7 Å². The summed E-state index contributed by atoms with van der Waals surface area (Å²) in [6, 6.07) is 4.12. The molecule has 0 N–H and O–H groups in total. The molecule has 0 unspecified atom stereocenters. The molecule has 130 valence electrons. The van der Waals surface area contributed by atoms with Gasteiger partial charge in [-0.15, -0.1) is 0 Å². The Hall–Kier alpha value is -2.90. The molecule has 1 fully saturated rings. The lowest BCUT2D eigenvalue weighted by atomic mass is 10.0. The van der Waals surface area contributed by atoms with E-state index in [1.807, 2.05) is 37.3 Å². The summed E-state index contributed by atoms with van der Waals surface area (Å²) in [4.78, 5) is 25.4. The number of amides is 1. The molecule has 0 atom stereocenters. The molecular formula is C17H21N7O. The third-order valence-electron chi connectivity index (χ3n) is 4.94. The average Bonchev–Trinajstić information content (AvgIpc) is 3.28. The van der Waals surface area contributed by atoms with Gasteiger partial charge in [0.25, 0.3) is 5.91 Å². The molecular weight excluding hydrogens is 318 g/mol. The van der Waals surface area contributed by atoms with Crippen LogP contribution in [0.25, 0.3) is 5.65 Å². The highest BCUT2D eigenvalue weighted by molar-refractivity contribution is 5.92. The van der Waals surface area contributed by atoms with Crippen molar-refractivity contribution in [1.29, 1.82) is 0 Å². The number of carbonyl (C=O) groups excluding carboxylic acids is 1. The second-order valence-corrected chi connectivity index (χ2v) is 6.44. The van der Waals surface area contributed by atoms with Crippen LogP contribution in [0, 0.1) is 0 Å². The predicted molar refractivity (Wildman–Crippen MR) is 93.5 cm³/mol. The van der Waals surface area contributed by atoms with Gasteiger partial charge in [-0.05, 0) is 18.9 Å². The monoisotopic (exact) mass is 339 g/mol. The molecule has 1 aliphatic rings. The molecule has 8 nitrogen and oxygen atoms in total. The van der Waals surface area contributed by atoms with Crippen molar-refractivity contribution in [2.24, 2.45) is 7.05 Å². The molecule has 0 bridgehead atoms. The molecule has 8 heteroatoms. The number of nitrogens with zero attached hydrogens (tertiary/aromatic N) is 7. The molecule has 1 saturated heterocycles. The smallest absolute Gasteiger partial charge is 0.272 e. The maximum atomic E-state index is 12.6. The molecule has 1 aliphatic heterocycles. The number of aromatic nitrogens is 5. The number of hydrogen-bond acceptors (Lipinski definition) is 5. The van der Waals surface area contributed by atoms with E-state index in [1.54, 1.807) is 27.8 Å². The summed E-state index contributed by atoms with van der Waals surface area (Å²) in [5.41, 5.74) is 1.47. The van der Waals surface area contributed by atoms with E-state index in [-0.39, 0.29) is 11.9 Å². The summed E-state index contributed by atoms with van der Waals surface area (Å²) >= 11 is 0. The van der Waals surface area contributed by atoms with Gasteiger partial charge in [-0.1, -0.05) is 0 Å². The zero-order valence-corrected chi connectivity index (χ0v) is 14.4. The van der Waals surface area contributed by atoms with Gasteiger partial charge in [-0.25, -0.2) is 14.5 Å². The summed E-state index contributed by atoms with van der Waals surface area (Å²) in [6.07, 6.45) is 8.80. The van der Waals surface area contributed by atoms with Gasteiger partial charge < -0.3 is 14.4 Å². The van der Waals surface area contributed by atoms with Gasteiger partial charge >= 0.3 is 0 Å². The van der Waals surface area contributed by atoms with Crippen LogP contribution >= 0.6 is 0 Å². The summed E-state index contributed by atoms with van der Waals surface area (Å²) < 4.78 is 3.52. The van der Waals surface area contributed by atoms with E-state index >= 15 is 0 Å². The number of carbonyl (C=O) groups is 1. The molecule has 1 amide bonds. The minimum atomic E-state index is 0.0252. The molecule has 25 heavy (non-hydrogen) atoms. The number of anilines is 1. The molecule has 3 aromatic rings. The zero-order valence-electron chi connectivity index (χ0n) is 14.4. The molecule has 0 aliphatic carbocycles. The van der Waals surface area contributed by atoms with Crippen molar-refractivity contribution >= 4 is 17.4 Å². The van der Waals surface area contributed by atoms with Crippen molar-refractivity contribution in [3.63, 3.8) is 0 Å². The first kappa shape index (κ1) is 15.6. The third-order valence-corrected chi connectivity index (χ3v) is 4.94. The van der Waals surface area contributed by atoms with Crippen LogP contribution in [0.3, 0.4) is 0 Å². The Kier molecular flexibility index (Phi) is 3.87. The minimum Gasteiger partial charge on any atom is -0.356 e. The fraction of sp³-hybridized carbons (Fsp3) is 0.412. The quantitative estimate of drug-likeness (QED) is 0.717. The summed E-state index contributed by atoms with van der Waals surface area (Å²) in [7, 11) is 3.72. The number of piperidine rings is 1. The standard InChI is InChI=1S/C17H21N7O/c1-21-12-18-11-14(21)17(25)22(2)13-4-8-23(9-5-13)15-6-10-24-16(20-15)3-7-19-24/h3,6-7,10-13H,4-5,8-9H2,1-2H3. The second kappa shape index (κ2) is 6.19. The Morgan fingerprint density at radius 2 is 2.08 bits per heavy atom. The van der Waals surface area contributed by atoms with Crippen molar-refractivity contribution in [2.45, 2.75) is 18.9 Å². The van der Waals surface area contributed by atoms with E-state index in [0.29, 0.717) is 5.69 Å². The predicted octanol–water partition coefficient (Wildman–Crippen LogP) is 1.20. The van der Waals surface area contributed by atoms with Crippen molar-refractivity contribution in [1.82, 2.24) is 29.0 Å². The first-order valence-corrected chi connectivity index (χ1v) is 8.42. The molecule has 0 saturated carbocycles. The fourth-order valence-corrected chi connectivity index (χ4v) is 3.37. The van der Waals surface area contributed by atoms with Gasteiger partial charge in [0, 0.05) is 45.5 Å².